The zero-order valence-corrected chi connectivity index (χ0v) is 12.2. The molecule has 0 aromatic carbocycles. The van der Waals surface area contributed by atoms with Crippen LogP contribution < -0.4 is 5.32 Å². The highest BCUT2D eigenvalue weighted by molar-refractivity contribution is 5.47. The zero-order valence-electron chi connectivity index (χ0n) is 12.2. The molecule has 1 unspecified atom stereocenters. The number of hydrogen-bond acceptors (Lipinski definition) is 6. The monoisotopic (exact) mass is 287 g/mol. The molecule has 0 aliphatic carbocycles. The van der Waals surface area contributed by atoms with Crippen LogP contribution in [0.3, 0.4) is 0 Å². The van der Waals surface area contributed by atoms with Crippen LogP contribution in [0.5, 0.6) is 0 Å². The molecule has 1 N–H and O–H groups in total. The largest absolute Gasteiger partial charge is 0.381 e. The Hall–Kier alpha value is -1.71. The van der Waals surface area contributed by atoms with Crippen LogP contribution >= 0.6 is 0 Å². The Labute approximate surface area is 125 Å². The summed E-state index contributed by atoms with van der Waals surface area (Å²) >= 11 is 0. The number of piperidine rings is 1. The van der Waals surface area contributed by atoms with E-state index in [1.165, 1.54) is 6.42 Å². The van der Waals surface area contributed by atoms with Gasteiger partial charge in [0.25, 0.3) is 0 Å². The molecule has 3 rings (SSSR count). The molecule has 1 aromatic rings. The molecule has 6 heteroatoms. The number of nitrogens with zero attached hydrogens (tertiary/aromatic N) is 4. The average molecular weight is 287 g/mol. The molecular formula is C15H21N5O. The zero-order chi connectivity index (χ0) is 14.5. The van der Waals surface area contributed by atoms with Gasteiger partial charge in [-0.15, -0.1) is 0 Å². The van der Waals surface area contributed by atoms with Crippen molar-refractivity contribution in [1.29, 1.82) is 5.26 Å². The Bertz CT molecular complexity index is 501. The molecule has 0 amide bonds. The predicted octanol–water partition coefficient (Wildman–Crippen LogP) is 1.26. The molecule has 2 aliphatic rings. The van der Waals surface area contributed by atoms with Crippen molar-refractivity contribution < 1.29 is 4.74 Å². The van der Waals surface area contributed by atoms with Crippen LogP contribution in [0.15, 0.2) is 12.4 Å². The van der Waals surface area contributed by atoms with Gasteiger partial charge in [-0.2, -0.15) is 5.26 Å². The van der Waals surface area contributed by atoms with Gasteiger partial charge >= 0.3 is 0 Å². The van der Waals surface area contributed by atoms with Crippen LogP contribution in [-0.2, 0) is 4.74 Å². The van der Waals surface area contributed by atoms with Crippen LogP contribution in [0.2, 0.25) is 0 Å². The van der Waals surface area contributed by atoms with Crippen LogP contribution in [0.25, 0.3) is 0 Å². The highest BCUT2D eigenvalue weighted by Gasteiger charge is 2.24. The fraction of sp³-hybridized carbons (Fsp3) is 0.667. The summed E-state index contributed by atoms with van der Waals surface area (Å²) in [6.45, 7) is 5.18. The molecule has 112 valence electrons. The van der Waals surface area contributed by atoms with Gasteiger partial charge in [0.15, 0.2) is 11.5 Å². The second-order valence-corrected chi connectivity index (χ2v) is 5.81. The quantitative estimate of drug-likeness (QED) is 0.898. The van der Waals surface area contributed by atoms with Gasteiger partial charge < -0.3 is 15.0 Å². The summed E-state index contributed by atoms with van der Waals surface area (Å²) in [5.74, 6) is 1.32. The first-order valence-corrected chi connectivity index (χ1v) is 7.63. The maximum Gasteiger partial charge on any atom is 0.182 e. The van der Waals surface area contributed by atoms with E-state index >= 15 is 0 Å². The molecule has 2 saturated heterocycles. The maximum absolute atomic E-state index is 9.04. The molecule has 0 bridgehead atoms. The smallest absolute Gasteiger partial charge is 0.182 e. The topological polar surface area (TPSA) is 74.1 Å². The molecule has 3 heterocycles. The fourth-order valence-corrected chi connectivity index (χ4v) is 3.07. The van der Waals surface area contributed by atoms with Crippen molar-refractivity contribution in [3.05, 3.63) is 18.1 Å². The molecule has 0 saturated carbocycles. The van der Waals surface area contributed by atoms with Crippen molar-refractivity contribution >= 4 is 5.82 Å². The molecule has 1 atom stereocenters. The first kappa shape index (κ1) is 14.2. The third-order valence-electron chi connectivity index (χ3n) is 4.27. The van der Waals surface area contributed by atoms with E-state index in [0.29, 0.717) is 23.5 Å². The van der Waals surface area contributed by atoms with Crippen molar-refractivity contribution in [2.45, 2.75) is 25.3 Å². The summed E-state index contributed by atoms with van der Waals surface area (Å²) in [6, 6.07) is 2.46. The number of hydrogen-bond donors (Lipinski definition) is 1. The van der Waals surface area contributed by atoms with E-state index in [9.17, 15) is 0 Å². The number of nitriles is 1. The lowest BCUT2D eigenvalue weighted by molar-refractivity contribution is 0.154. The predicted molar refractivity (Wildman–Crippen MR) is 78.8 cm³/mol. The van der Waals surface area contributed by atoms with Crippen molar-refractivity contribution in [3.63, 3.8) is 0 Å². The summed E-state index contributed by atoms with van der Waals surface area (Å²) < 4.78 is 5.44. The van der Waals surface area contributed by atoms with Gasteiger partial charge in [-0.05, 0) is 25.2 Å². The van der Waals surface area contributed by atoms with Crippen LogP contribution in [0, 0.1) is 17.2 Å². The summed E-state index contributed by atoms with van der Waals surface area (Å²) in [5.41, 5.74) is 0.378. The van der Waals surface area contributed by atoms with E-state index in [-0.39, 0.29) is 0 Å². The summed E-state index contributed by atoms with van der Waals surface area (Å²) in [6.07, 6.45) is 6.53. The van der Waals surface area contributed by atoms with Crippen LogP contribution in [0.1, 0.15) is 25.0 Å². The van der Waals surface area contributed by atoms with Crippen LogP contribution in [0.4, 0.5) is 5.82 Å². The van der Waals surface area contributed by atoms with Gasteiger partial charge in [0.1, 0.15) is 6.07 Å². The summed E-state index contributed by atoms with van der Waals surface area (Å²) in [4.78, 5) is 10.8. The summed E-state index contributed by atoms with van der Waals surface area (Å²) in [7, 11) is 0. The first-order valence-electron chi connectivity index (χ1n) is 7.63. The lowest BCUT2D eigenvalue weighted by Crippen LogP contribution is -2.41. The number of nitrogens with one attached hydrogen (secondary N) is 1. The van der Waals surface area contributed by atoms with E-state index in [1.807, 2.05) is 0 Å². The standard InChI is InChI=1S/C15H21N5O/c16-9-14-15(18-5-4-17-14)19-13-1-6-20(7-2-13)10-12-3-8-21-11-12/h4-5,12-13H,1-3,6-8,10-11H2,(H,18,19). The van der Waals surface area contributed by atoms with E-state index in [2.05, 4.69) is 26.3 Å². The van der Waals surface area contributed by atoms with Gasteiger partial charge in [0.2, 0.25) is 0 Å². The molecule has 0 spiro atoms. The van der Waals surface area contributed by atoms with Crippen molar-refractivity contribution in [2.75, 3.05) is 38.2 Å². The third kappa shape index (κ3) is 3.69. The first-order chi connectivity index (χ1) is 10.3. The highest BCUT2D eigenvalue weighted by atomic mass is 16.5. The second kappa shape index (κ2) is 6.83. The second-order valence-electron chi connectivity index (χ2n) is 5.81. The normalized spacial score (nSPS) is 23.9. The Balaban J connectivity index is 1.48. The lowest BCUT2D eigenvalue weighted by Gasteiger charge is -2.33. The van der Waals surface area contributed by atoms with E-state index < -0.39 is 0 Å². The fourth-order valence-electron chi connectivity index (χ4n) is 3.07. The van der Waals surface area contributed by atoms with Gasteiger partial charge in [0, 0.05) is 44.7 Å². The Morgan fingerprint density at radius 2 is 2.10 bits per heavy atom. The van der Waals surface area contributed by atoms with Crippen molar-refractivity contribution in [2.24, 2.45) is 5.92 Å². The minimum atomic E-state index is 0.378. The van der Waals surface area contributed by atoms with Crippen molar-refractivity contribution in [1.82, 2.24) is 14.9 Å². The lowest BCUT2D eigenvalue weighted by atomic mass is 10.0. The minimum Gasteiger partial charge on any atom is -0.381 e. The SMILES string of the molecule is N#Cc1nccnc1NC1CCN(CC2CCOC2)CC1. The minimum absolute atomic E-state index is 0.378. The van der Waals surface area contributed by atoms with Gasteiger partial charge in [-0.3, -0.25) is 0 Å². The molecule has 0 radical (unpaired) electrons. The number of ether oxygens (including phenoxy) is 1. The van der Waals surface area contributed by atoms with Crippen LogP contribution in [-0.4, -0.2) is 53.8 Å². The molecule has 6 nitrogen and oxygen atoms in total. The number of likely N-dealkylation sites (tertiary alicyclic amines) is 1. The molecular weight excluding hydrogens is 266 g/mol. The summed E-state index contributed by atoms with van der Waals surface area (Å²) in [5, 5.41) is 12.4. The Morgan fingerprint density at radius 1 is 1.29 bits per heavy atom. The van der Waals surface area contributed by atoms with Crippen molar-refractivity contribution in [3.8, 4) is 6.07 Å². The van der Waals surface area contributed by atoms with E-state index in [1.54, 1.807) is 12.4 Å². The average Bonchev–Trinajstić information content (AvgIpc) is 3.03. The van der Waals surface area contributed by atoms with E-state index in [0.717, 1.165) is 45.7 Å². The maximum atomic E-state index is 9.04. The number of aromatic nitrogens is 2. The molecule has 2 aliphatic heterocycles. The van der Waals surface area contributed by atoms with Gasteiger partial charge in [0.05, 0.1) is 6.61 Å². The van der Waals surface area contributed by atoms with Gasteiger partial charge in [-0.1, -0.05) is 0 Å². The Morgan fingerprint density at radius 3 is 2.81 bits per heavy atom. The van der Waals surface area contributed by atoms with E-state index in [4.69, 9.17) is 10.00 Å². The molecule has 21 heavy (non-hydrogen) atoms. The molecule has 1 aromatic heterocycles. The number of rotatable bonds is 4. The van der Waals surface area contributed by atoms with Gasteiger partial charge in [-0.25, -0.2) is 9.97 Å². The molecule has 2 fully saturated rings. The number of anilines is 1. The third-order valence-corrected chi connectivity index (χ3v) is 4.27. The Kier molecular flexibility index (Phi) is 4.63. The highest BCUT2D eigenvalue weighted by Crippen LogP contribution is 2.20.